The summed E-state index contributed by atoms with van der Waals surface area (Å²) in [6, 6.07) is 0.574. The Morgan fingerprint density at radius 1 is 1.12 bits per heavy atom. The van der Waals surface area contributed by atoms with Crippen molar-refractivity contribution in [1.82, 2.24) is 16.0 Å². The van der Waals surface area contributed by atoms with E-state index in [1.165, 1.54) is 12.8 Å². The van der Waals surface area contributed by atoms with Crippen molar-refractivity contribution in [1.29, 1.82) is 0 Å². The quantitative estimate of drug-likeness (QED) is 0.680. The van der Waals surface area contributed by atoms with Gasteiger partial charge in [-0.25, -0.2) is 13.6 Å². The van der Waals surface area contributed by atoms with Crippen molar-refractivity contribution in [3.8, 4) is 0 Å². The summed E-state index contributed by atoms with van der Waals surface area (Å²) in [5.74, 6) is -2.57. The molecule has 1 saturated carbocycles. The molecule has 7 heteroatoms. The number of carbonyl (C=O) groups excluding carboxylic acids is 1. The first kappa shape index (κ1) is 20.4. The molecular weight excluding hydrogens is 328 g/mol. The van der Waals surface area contributed by atoms with Gasteiger partial charge in [0.05, 0.1) is 13.1 Å². The molecular formula is C18H33F2N3O2. The minimum atomic E-state index is -3.00. The molecule has 0 bridgehead atoms. The Kier molecular flexibility index (Phi) is 7.02. The van der Waals surface area contributed by atoms with Gasteiger partial charge >= 0.3 is 6.09 Å². The summed E-state index contributed by atoms with van der Waals surface area (Å²) >= 11 is 0. The molecule has 2 fully saturated rings. The highest BCUT2D eigenvalue weighted by Gasteiger charge is 2.37. The second-order valence-corrected chi connectivity index (χ2v) is 8.35. The molecule has 3 atom stereocenters. The SMILES string of the molecule is CC(C)(C)OC(=O)NCC(F)(F)CNC1CCCC1C1CCCCN1. The Morgan fingerprint density at radius 2 is 1.88 bits per heavy atom. The van der Waals surface area contributed by atoms with E-state index in [1.54, 1.807) is 20.8 Å². The average Bonchev–Trinajstić information content (AvgIpc) is 2.99. The molecule has 2 rings (SSSR count). The van der Waals surface area contributed by atoms with Gasteiger partial charge in [0.25, 0.3) is 5.92 Å². The van der Waals surface area contributed by atoms with Crippen LogP contribution in [-0.2, 0) is 4.74 Å². The van der Waals surface area contributed by atoms with Crippen molar-refractivity contribution >= 4 is 6.09 Å². The number of nitrogens with one attached hydrogen (secondary N) is 3. The van der Waals surface area contributed by atoms with Crippen molar-refractivity contribution in [3.63, 3.8) is 0 Å². The zero-order valence-electron chi connectivity index (χ0n) is 15.7. The molecule has 1 aliphatic carbocycles. The van der Waals surface area contributed by atoms with Gasteiger partial charge in [-0.1, -0.05) is 12.8 Å². The van der Waals surface area contributed by atoms with Crippen molar-refractivity contribution in [3.05, 3.63) is 0 Å². The summed E-state index contributed by atoms with van der Waals surface area (Å²) in [5.41, 5.74) is -0.693. The number of alkyl carbamates (subject to hydrolysis) is 1. The maximum absolute atomic E-state index is 14.1. The van der Waals surface area contributed by atoms with E-state index in [1.807, 2.05) is 0 Å². The number of hydrogen-bond donors (Lipinski definition) is 3. The summed E-state index contributed by atoms with van der Waals surface area (Å²) in [7, 11) is 0. The number of amides is 1. The van der Waals surface area contributed by atoms with Gasteiger partial charge in [-0.3, -0.25) is 0 Å². The first-order valence-electron chi connectivity index (χ1n) is 9.48. The van der Waals surface area contributed by atoms with Crippen molar-refractivity contribution in [2.75, 3.05) is 19.6 Å². The smallest absolute Gasteiger partial charge is 0.407 e. The summed E-state index contributed by atoms with van der Waals surface area (Å²) in [4.78, 5) is 11.5. The van der Waals surface area contributed by atoms with E-state index in [9.17, 15) is 13.6 Å². The summed E-state index contributed by atoms with van der Waals surface area (Å²) in [5, 5.41) is 8.77. The van der Waals surface area contributed by atoms with E-state index in [-0.39, 0.29) is 6.04 Å². The van der Waals surface area contributed by atoms with Gasteiger partial charge < -0.3 is 20.7 Å². The Labute approximate surface area is 149 Å². The van der Waals surface area contributed by atoms with Gasteiger partial charge in [0.2, 0.25) is 0 Å². The normalized spacial score (nSPS) is 28.0. The molecule has 1 amide bonds. The zero-order chi connectivity index (χ0) is 18.5. The first-order valence-corrected chi connectivity index (χ1v) is 9.48. The first-order chi connectivity index (χ1) is 11.7. The van der Waals surface area contributed by atoms with E-state index in [0.29, 0.717) is 12.0 Å². The van der Waals surface area contributed by atoms with E-state index >= 15 is 0 Å². The summed E-state index contributed by atoms with van der Waals surface area (Å²) in [6.45, 7) is 5.00. The van der Waals surface area contributed by atoms with E-state index in [2.05, 4.69) is 16.0 Å². The summed E-state index contributed by atoms with van der Waals surface area (Å²) < 4.78 is 33.2. The van der Waals surface area contributed by atoms with Crippen LogP contribution in [-0.4, -0.2) is 49.3 Å². The van der Waals surface area contributed by atoms with Gasteiger partial charge in [-0.15, -0.1) is 0 Å². The third-order valence-electron chi connectivity index (χ3n) is 4.95. The number of alkyl halides is 2. The lowest BCUT2D eigenvalue weighted by Gasteiger charge is -2.33. The van der Waals surface area contributed by atoms with Crippen LogP contribution in [0.1, 0.15) is 59.3 Å². The van der Waals surface area contributed by atoms with E-state index in [0.717, 1.165) is 32.2 Å². The van der Waals surface area contributed by atoms with Crippen molar-refractivity contribution in [2.45, 2.75) is 82.9 Å². The number of hydrogen-bond acceptors (Lipinski definition) is 4. The predicted octanol–water partition coefficient (Wildman–Crippen LogP) is 3.05. The van der Waals surface area contributed by atoms with Gasteiger partial charge in [0, 0.05) is 12.1 Å². The van der Waals surface area contributed by atoms with Gasteiger partial charge in [0.15, 0.2) is 0 Å². The molecule has 1 aliphatic heterocycles. The van der Waals surface area contributed by atoms with Crippen molar-refractivity contribution in [2.24, 2.45) is 5.92 Å². The van der Waals surface area contributed by atoms with E-state index < -0.39 is 30.7 Å². The maximum Gasteiger partial charge on any atom is 0.407 e. The zero-order valence-corrected chi connectivity index (χ0v) is 15.7. The standard InChI is InChI=1S/C18H33F2N3O2/c1-17(2,3)25-16(24)23-12-18(19,20)11-22-15-9-6-7-13(15)14-8-4-5-10-21-14/h13-15,21-22H,4-12H2,1-3H3,(H,23,24). The maximum atomic E-state index is 14.1. The fraction of sp³-hybridized carbons (Fsp3) is 0.944. The molecule has 5 nitrogen and oxygen atoms in total. The second-order valence-electron chi connectivity index (χ2n) is 8.35. The van der Waals surface area contributed by atoms with Crippen LogP contribution in [0.3, 0.4) is 0 Å². The number of rotatable bonds is 6. The Bertz CT molecular complexity index is 435. The Morgan fingerprint density at radius 3 is 2.52 bits per heavy atom. The summed E-state index contributed by atoms with van der Waals surface area (Å²) in [6.07, 6.45) is 5.88. The van der Waals surface area contributed by atoms with Crippen LogP contribution in [0.5, 0.6) is 0 Å². The second kappa shape index (κ2) is 8.62. The molecule has 2 aliphatic rings. The molecule has 0 spiro atoms. The number of halogens is 2. The third-order valence-corrected chi connectivity index (χ3v) is 4.95. The highest BCUT2D eigenvalue weighted by Crippen LogP contribution is 2.32. The molecule has 3 N–H and O–H groups in total. The monoisotopic (exact) mass is 361 g/mol. The average molecular weight is 361 g/mol. The minimum absolute atomic E-state index is 0.128. The molecule has 1 saturated heterocycles. The molecule has 25 heavy (non-hydrogen) atoms. The van der Waals surface area contributed by atoms with Crippen LogP contribution < -0.4 is 16.0 Å². The predicted molar refractivity (Wildman–Crippen MR) is 94.0 cm³/mol. The van der Waals surface area contributed by atoms with Crippen LogP contribution in [0.25, 0.3) is 0 Å². The lowest BCUT2D eigenvalue weighted by molar-refractivity contribution is -0.00697. The number of carbonyl (C=O) groups is 1. The lowest BCUT2D eigenvalue weighted by atomic mass is 9.88. The molecule has 0 aromatic rings. The lowest BCUT2D eigenvalue weighted by Crippen LogP contribution is -2.51. The topological polar surface area (TPSA) is 62.4 Å². The highest BCUT2D eigenvalue weighted by atomic mass is 19.3. The number of ether oxygens (including phenoxy) is 1. The highest BCUT2D eigenvalue weighted by molar-refractivity contribution is 5.67. The minimum Gasteiger partial charge on any atom is -0.444 e. The molecule has 0 aromatic carbocycles. The Hall–Kier alpha value is -0.950. The largest absolute Gasteiger partial charge is 0.444 e. The van der Waals surface area contributed by atoms with Crippen LogP contribution >= 0.6 is 0 Å². The molecule has 0 aromatic heterocycles. The van der Waals surface area contributed by atoms with Crippen LogP contribution in [0, 0.1) is 5.92 Å². The van der Waals surface area contributed by atoms with E-state index in [4.69, 9.17) is 4.74 Å². The molecule has 146 valence electrons. The van der Waals surface area contributed by atoms with Crippen LogP contribution in [0.2, 0.25) is 0 Å². The van der Waals surface area contributed by atoms with Crippen LogP contribution in [0.4, 0.5) is 13.6 Å². The van der Waals surface area contributed by atoms with Crippen LogP contribution in [0.15, 0.2) is 0 Å². The van der Waals surface area contributed by atoms with Gasteiger partial charge in [-0.05, 0) is 58.9 Å². The molecule has 1 heterocycles. The van der Waals surface area contributed by atoms with Crippen molar-refractivity contribution < 1.29 is 18.3 Å². The van der Waals surface area contributed by atoms with Gasteiger partial charge in [-0.2, -0.15) is 0 Å². The Balaban J connectivity index is 1.75. The fourth-order valence-electron chi connectivity index (χ4n) is 3.83. The number of piperidine rings is 1. The molecule has 0 radical (unpaired) electrons. The fourth-order valence-corrected chi connectivity index (χ4v) is 3.83. The third kappa shape index (κ3) is 7.05. The molecule has 3 unspecified atom stereocenters. The van der Waals surface area contributed by atoms with Gasteiger partial charge in [0.1, 0.15) is 5.60 Å².